The molecule has 0 saturated carbocycles. The van der Waals surface area contributed by atoms with Gasteiger partial charge >= 0.3 is 5.97 Å². The van der Waals surface area contributed by atoms with Crippen LogP contribution < -0.4 is 14.8 Å². The van der Waals surface area contributed by atoms with Crippen LogP contribution in [0.2, 0.25) is 0 Å². The molecule has 5 rings (SSSR count). The summed E-state index contributed by atoms with van der Waals surface area (Å²) in [6.45, 7) is 3.23. The zero-order valence-electron chi connectivity index (χ0n) is 19.9. The molecule has 3 aromatic carbocycles. The minimum absolute atomic E-state index is 0.0293. The lowest BCUT2D eigenvalue weighted by molar-refractivity contribution is 0.0697. The number of carboxylic acids is 1. The van der Waals surface area contributed by atoms with Crippen LogP contribution >= 0.6 is 11.3 Å². The molecule has 1 aromatic heterocycles. The van der Waals surface area contributed by atoms with Crippen LogP contribution in [0.5, 0.6) is 11.5 Å². The van der Waals surface area contributed by atoms with Crippen molar-refractivity contribution in [2.45, 2.75) is 32.0 Å². The second-order valence-corrected chi connectivity index (χ2v) is 10.2. The summed E-state index contributed by atoms with van der Waals surface area (Å²) in [5.41, 5.74) is 4.36. The van der Waals surface area contributed by atoms with E-state index in [1.165, 1.54) is 0 Å². The third-order valence-electron chi connectivity index (χ3n) is 6.22. The summed E-state index contributed by atoms with van der Waals surface area (Å²) in [5, 5.41) is 23.7. The summed E-state index contributed by atoms with van der Waals surface area (Å²) in [6, 6.07) is 18.8. The van der Waals surface area contributed by atoms with Crippen LogP contribution in [0.4, 0.5) is 0 Å². The summed E-state index contributed by atoms with van der Waals surface area (Å²) in [4.78, 5) is 15.5. The molecular weight excluding hydrogens is 476 g/mol. The number of ether oxygens (including phenoxy) is 2. The molecule has 2 atom stereocenters. The van der Waals surface area contributed by atoms with Gasteiger partial charge in [-0.1, -0.05) is 18.2 Å². The van der Waals surface area contributed by atoms with Gasteiger partial charge in [0.15, 0.2) is 0 Å². The minimum atomic E-state index is -0.927. The number of benzene rings is 3. The van der Waals surface area contributed by atoms with Gasteiger partial charge < -0.3 is 25.0 Å². The van der Waals surface area contributed by atoms with E-state index in [4.69, 9.17) is 14.6 Å². The maximum absolute atomic E-state index is 11.1. The molecule has 3 N–H and O–H groups in total. The van der Waals surface area contributed by atoms with Crippen LogP contribution in [0.25, 0.3) is 21.3 Å². The van der Waals surface area contributed by atoms with E-state index < -0.39 is 12.1 Å². The average molecular weight is 505 g/mol. The molecule has 36 heavy (non-hydrogen) atoms. The van der Waals surface area contributed by atoms with Gasteiger partial charge in [0.05, 0.1) is 20.8 Å². The summed E-state index contributed by atoms with van der Waals surface area (Å²) in [6.07, 6.45) is 1.17. The SMILES string of the molecule is Cc1nc2cc(OCC(O)CNCC3CCc4cc(-c5ccc(C(=O)O)cc5)ccc4O3)ccc2s1. The lowest BCUT2D eigenvalue weighted by Gasteiger charge is -2.27. The van der Waals surface area contributed by atoms with Crippen LogP contribution in [0, 0.1) is 6.92 Å². The fourth-order valence-electron chi connectivity index (χ4n) is 4.35. The number of fused-ring (bicyclic) bond motifs is 2. The van der Waals surface area contributed by atoms with E-state index in [-0.39, 0.29) is 18.3 Å². The first-order chi connectivity index (χ1) is 17.4. The Morgan fingerprint density at radius 1 is 1.17 bits per heavy atom. The Hall–Kier alpha value is -3.46. The average Bonchev–Trinajstić information content (AvgIpc) is 3.26. The van der Waals surface area contributed by atoms with Gasteiger partial charge in [-0.05, 0) is 72.9 Å². The molecule has 0 bridgehead atoms. The van der Waals surface area contributed by atoms with Gasteiger partial charge in [-0.2, -0.15) is 0 Å². The molecule has 1 aliphatic heterocycles. The van der Waals surface area contributed by atoms with Crippen molar-refractivity contribution >= 4 is 27.5 Å². The third kappa shape index (κ3) is 5.67. The van der Waals surface area contributed by atoms with Gasteiger partial charge in [0, 0.05) is 19.2 Å². The molecule has 0 amide bonds. The molecule has 4 aromatic rings. The van der Waals surface area contributed by atoms with Gasteiger partial charge in [-0.25, -0.2) is 9.78 Å². The van der Waals surface area contributed by atoms with Crippen molar-refractivity contribution < 1.29 is 24.5 Å². The molecule has 2 heterocycles. The molecule has 0 aliphatic carbocycles. The smallest absolute Gasteiger partial charge is 0.335 e. The van der Waals surface area contributed by atoms with E-state index in [1.807, 2.05) is 49.4 Å². The van der Waals surface area contributed by atoms with Crippen molar-refractivity contribution in [2.75, 3.05) is 19.7 Å². The first-order valence-corrected chi connectivity index (χ1v) is 12.8. The van der Waals surface area contributed by atoms with Crippen LogP contribution in [0.1, 0.15) is 27.3 Å². The zero-order valence-corrected chi connectivity index (χ0v) is 20.8. The number of hydrogen-bond acceptors (Lipinski definition) is 7. The molecule has 0 fully saturated rings. The van der Waals surface area contributed by atoms with E-state index in [9.17, 15) is 9.90 Å². The Morgan fingerprint density at radius 2 is 1.97 bits per heavy atom. The molecule has 2 unspecified atom stereocenters. The summed E-state index contributed by atoms with van der Waals surface area (Å²) >= 11 is 1.65. The monoisotopic (exact) mass is 504 g/mol. The molecule has 0 radical (unpaired) electrons. The zero-order chi connectivity index (χ0) is 25.1. The lowest BCUT2D eigenvalue weighted by Crippen LogP contribution is -2.39. The first-order valence-electron chi connectivity index (χ1n) is 12.0. The Morgan fingerprint density at radius 3 is 2.78 bits per heavy atom. The number of aromatic nitrogens is 1. The number of nitrogens with zero attached hydrogens (tertiary/aromatic N) is 1. The Balaban J connectivity index is 1.08. The number of nitrogens with one attached hydrogen (secondary N) is 1. The van der Waals surface area contributed by atoms with Crippen molar-refractivity contribution in [3.05, 3.63) is 76.8 Å². The van der Waals surface area contributed by atoms with Crippen LogP contribution in [0.15, 0.2) is 60.7 Å². The maximum atomic E-state index is 11.1. The maximum Gasteiger partial charge on any atom is 0.335 e. The second-order valence-electron chi connectivity index (χ2n) is 8.97. The minimum Gasteiger partial charge on any atom is -0.491 e. The molecule has 7 nitrogen and oxygen atoms in total. The van der Waals surface area contributed by atoms with Gasteiger partial charge in [0.2, 0.25) is 0 Å². The lowest BCUT2D eigenvalue weighted by atomic mass is 9.96. The van der Waals surface area contributed by atoms with Crippen LogP contribution in [0.3, 0.4) is 0 Å². The fraction of sp³-hybridized carbons (Fsp3) is 0.286. The van der Waals surface area contributed by atoms with Crippen molar-refractivity contribution in [2.24, 2.45) is 0 Å². The number of aryl methyl sites for hydroxylation is 2. The van der Waals surface area contributed by atoms with Crippen LogP contribution in [-0.2, 0) is 6.42 Å². The molecule has 1 aliphatic rings. The molecular formula is C28H28N2O5S. The normalized spacial score (nSPS) is 15.8. The number of rotatable bonds is 9. The van der Waals surface area contributed by atoms with Crippen molar-refractivity contribution in [3.63, 3.8) is 0 Å². The largest absolute Gasteiger partial charge is 0.491 e. The van der Waals surface area contributed by atoms with Crippen LogP contribution in [-0.4, -0.2) is 53.1 Å². The quantitative estimate of drug-likeness (QED) is 0.304. The molecule has 8 heteroatoms. The van der Waals surface area contributed by atoms with E-state index >= 15 is 0 Å². The topological polar surface area (TPSA) is 101 Å². The number of carboxylic acid groups (broad SMARTS) is 1. The number of carbonyl (C=O) groups is 1. The standard InChI is InChI=1S/C28H28N2O5S/c1-17-30-25-13-23(9-11-27(25)36-17)34-16-22(31)14-29-15-24-8-6-21-12-20(7-10-26(21)35-24)18-2-4-19(5-3-18)28(32)33/h2-5,7,9-13,22,24,29,31H,6,8,14-16H2,1H3,(H,32,33). The predicted molar refractivity (Wildman–Crippen MR) is 140 cm³/mol. The number of aliphatic hydroxyl groups excluding tert-OH is 1. The van der Waals surface area contributed by atoms with E-state index in [2.05, 4.69) is 16.4 Å². The summed E-state index contributed by atoms with van der Waals surface area (Å²) in [7, 11) is 0. The van der Waals surface area contributed by atoms with Gasteiger partial charge in [0.1, 0.15) is 30.3 Å². The Bertz CT molecular complexity index is 1370. The fourth-order valence-corrected chi connectivity index (χ4v) is 5.16. The number of thiazole rings is 1. The molecule has 186 valence electrons. The number of hydrogen-bond donors (Lipinski definition) is 3. The Labute approximate surface area is 213 Å². The molecule has 0 saturated heterocycles. The van der Waals surface area contributed by atoms with E-state index in [0.717, 1.165) is 50.5 Å². The summed E-state index contributed by atoms with van der Waals surface area (Å²) in [5.74, 6) is 0.649. The Kier molecular flexibility index (Phi) is 7.18. The number of aromatic carboxylic acids is 1. The molecule has 0 spiro atoms. The van der Waals surface area contributed by atoms with Crippen molar-refractivity contribution in [1.82, 2.24) is 10.3 Å². The summed E-state index contributed by atoms with van der Waals surface area (Å²) < 4.78 is 13.0. The van der Waals surface area contributed by atoms with Crippen molar-refractivity contribution in [3.8, 4) is 22.6 Å². The van der Waals surface area contributed by atoms with Crippen molar-refractivity contribution in [1.29, 1.82) is 0 Å². The second kappa shape index (κ2) is 10.7. The van der Waals surface area contributed by atoms with Gasteiger partial charge in [-0.15, -0.1) is 11.3 Å². The first kappa shape index (κ1) is 24.2. The highest BCUT2D eigenvalue weighted by Crippen LogP contribution is 2.32. The van der Waals surface area contributed by atoms with Gasteiger partial charge in [0.25, 0.3) is 0 Å². The van der Waals surface area contributed by atoms with E-state index in [0.29, 0.717) is 18.8 Å². The number of aliphatic hydroxyl groups is 1. The highest BCUT2D eigenvalue weighted by molar-refractivity contribution is 7.18. The third-order valence-corrected chi connectivity index (χ3v) is 7.17. The van der Waals surface area contributed by atoms with Gasteiger partial charge in [-0.3, -0.25) is 0 Å². The highest BCUT2D eigenvalue weighted by Gasteiger charge is 2.20. The van der Waals surface area contributed by atoms with E-state index in [1.54, 1.807) is 23.5 Å². The predicted octanol–water partition coefficient (Wildman–Crippen LogP) is 4.69. The highest BCUT2D eigenvalue weighted by atomic mass is 32.1.